The van der Waals surface area contributed by atoms with Gasteiger partial charge in [-0.1, -0.05) is 0 Å². The van der Waals surface area contributed by atoms with Crippen LogP contribution in [0.3, 0.4) is 0 Å². The van der Waals surface area contributed by atoms with Gasteiger partial charge in [0.1, 0.15) is 16.5 Å². The molecule has 0 atom stereocenters. The standard InChI is InChI=1S/C9H13F2N3O4S2/c1-19(15,16)13-2-3-14-20(17,18)9-5-8(12)6(10)4-7(9)11/h4-5,13-14H,2-3,12H2,1H3. The van der Waals surface area contributed by atoms with Crippen LogP contribution in [0.15, 0.2) is 17.0 Å². The maximum absolute atomic E-state index is 13.4. The molecule has 0 saturated heterocycles. The molecule has 0 unspecified atom stereocenters. The quantitative estimate of drug-likeness (QED) is 0.474. The van der Waals surface area contributed by atoms with Gasteiger partial charge in [0, 0.05) is 19.2 Å². The lowest BCUT2D eigenvalue weighted by atomic mass is 10.3. The van der Waals surface area contributed by atoms with Gasteiger partial charge in [-0.05, 0) is 6.07 Å². The van der Waals surface area contributed by atoms with E-state index < -0.39 is 42.3 Å². The average Bonchev–Trinajstić information content (AvgIpc) is 2.28. The molecule has 0 spiro atoms. The summed E-state index contributed by atoms with van der Waals surface area (Å²) in [4.78, 5) is -0.809. The van der Waals surface area contributed by atoms with Gasteiger partial charge in [-0.25, -0.2) is 35.1 Å². The largest absolute Gasteiger partial charge is 0.396 e. The van der Waals surface area contributed by atoms with Crippen molar-refractivity contribution in [3.8, 4) is 0 Å². The molecule has 0 bridgehead atoms. The number of benzene rings is 1. The van der Waals surface area contributed by atoms with Crippen molar-refractivity contribution in [3.63, 3.8) is 0 Å². The van der Waals surface area contributed by atoms with Crippen molar-refractivity contribution in [1.29, 1.82) is 0 Å². The number of nitrogens with one attached hydrogen (secondary N) is 2. The van der Waals surface area contributed by atoms with Crippen LogP contribution in [0, 0.1) is 11.6 Å². The minimum Gasteiger partial charge on any atom is -0.396 e. The Labute approximate surface area is 115 Å². The lowest BCUT2D eigenvalue weighted by Crippen LogP contribution is -2.34. The summed E-state index contributed by atoms with van der Waals surface area (Å²) in [7, 11) is -7.71. The highest BCUT2D eigenvalue weighted by Crippen LogP contribution is 2.20. The second-order valence-electron chi connectivity index (χ2n) is 3.87. The third-order valence-electron chi connectivity index (χ3n) is 2.12. The van der Waals surface area contributed by atoms with Crippen LogP contribution in [0.4, 0.5) is 14.5 Å². The van der Waals surface area contributed by atoms with Crippen molar-refractivity contribution in [3.05, 3.63) is 23.8 Å². The molecule has 0 radical (unpaired) electrons. The van der Waals surface area contributed by atoms with E-state index in [9.17, 15) is 25.6 Å². The molecule has 1 rings (SSSR count). The molecule has 0 aromatic heterocycles. The summed E-state index contributed by atoms with van der Waals surface area (Å²) < 4.78 is 75.3. The average molecular weight is 329 g/mol. The predicted molar refractivity (Wildman–Crippen MR) is 68.8 cm³/mol. The van der Waals surface area contributed by atoms with Crippen molar-refractivity contribution < 1.29 is 25.6 Å². The van der Waals surface area contributed by atoms with E-state index in [1.165, 1.54) is 0 Å². The van der Waals surface area contributed by atoms with Gasteiger partial charge >= 0.3 is 0 Å². The Hall–Kier alpha value is -1.30. The topological polar surface area (TPSA) is 118 Å². The molecule has 0 aliphatic carbocycles. The number of hydrogen-bond acceptors (Lipinski definition) is 5. The summed E-state index contributed by atoms with van der Waals surface area (Å²) in [5, 5.41) is 0. The van der Waals surface area contributed by atoms with E-state index in [0.717, 1.165) is 6.26 Å². The van der Waals surface area contributed by atoms with Crippen molar-refractivity contribution in [2.75, 3.05) is 25.1 Å². The highest BCUT2D eigenvalue weighted by Gasteiger charge is 2.20. The Kier molecular flexibility index (Phi) is 5.02. The van der Waals surface area contributed by atoms with E-state index >= 15 is 0 Å². The molecule has 0 aliphatic rings. The second-order valence-corrected chi connectivity index (χ2v) is 7.44. The minimum absolute atomic E-state index is 0.212. The van der Waals surface area contributed by atoms with Gasteiger partial charge < -0.3 is 5.73 Å². The van der Waals surface area contributed by atoms with Gasteiger partial charge in [0.15, 0.2) is 0 Å². The molecule has 20 heavy (non-hydrogen) atoms. The summed E-state index contributed by atoms with van der Waals surface area (Å²) in [6.07, 6.45) is 0.905. The Bertz CT molecular complexity index is 704. The Morgan fingerprint density at radius 3 is 2.15 bits per heavy atom. The second kappa shape index (κ2) is 5.99. The number of nitrogens with two attached hydrogens (primary N) is 1. The maximum atomic E-state index is 13.4. The fraction of sp³-hybridized carbons (Fsp3) is 0.333. The molecule has 4 N–H and O–H groups in total. The van der Waals surface area contributed by atoms with Crippen LogP contribution in [0.1, 0.15) is 0 Å². The first kappa shape index (κ1) is 16.8. The molecule has 0 fully saturated rings. The Balaban J connectivity index is 2.82. The molecular formula is C9H13F2N3O4S2. The number of nitrogen functional groups attached to an aromatic ring is 1. The molecular weight excluding hydrogens is 316 g/mol. The van der Waals surface area contributed by atoms with Gasteiger partial charge in [0.05, 0.1) is 11.9 Å². The van der Waals surface area contributed by atoms with E-state index in [2.05, 4.69) is 0 Å². The Morgan fingerprint density at radius 1 is 1.05 bits per heavy atom. The van der Waals surface area contributed by atoms with Crippen LogP contribution in [-0.2, 0) is 20.0 Å². The Morgan fingerprint density at radius 2 is 1.60 bits per heavy atom. The number of sulfonamides is 2. The van der Waals surface area contributed by atoms with Crippen LogP contribution < -0.4 is 15.2 Å². The van der Waals surface area contributed by atoms with E-state index in [1.54, 1.807) is 0 Å². The lowest BCUT2D eigenvalue weighted by molar-refractivity contribution is 0.543. The first-order valence-electron chi connectivity index (χ1n) is 5.22. The normalized spacial score (nSPS) is 12.6. The third-order valence-corrected chi connectivity index (χ3v) is 4.33. The van der Waals surface area contributed by atoms with Crippen molar-refractivity contribution >= 4 is 25.7 Å². The third kappa shape index (κ3) is 4.67. The van der Waals surface area contributed by atoms with Crippen LogP contribution in [0.25, 0.3) is 0 Å². The van der Waals surface area contributed by atoms with Gasteiger partial charge in [0.25, 0.3) is 0 Å². The highest BCUT2D eigenvalue weighted by molar-refractivity contribution is 7.89. The first-order chi connectivity index (χ1) is 9.03. The molecule has 0 amide bonds. The van der Waals surface area contributed by atoms with E-state index in [0.29, 0.717) is 12.1 Å². The van der Waals surface area contributed by atoms with Crippen LogP contribution in [0.2, 0.25) is 0 Å². The fourth-order valence-electron chi connectivity index (χ4n) is 1.25. The smallest absolute Gasteiger partial charge is 0.243 e. The summed E-state index contributed by atoms with van der Waals surface area (Å²) in [5.74, 6) is -2.36. The molecule has 114 valence electrons. The van der Waals surface area contributed by atoms with Gasteiger partial charge in [-0.15, -0.1) is 0 Å². The number of halogens is 2. The molecule has 0 aliphatic heterocycles. The lowest BCUT2D eigenvalue weighted by Gasteiger charge is -2.09. The van der Waals surface area contributed by atoms with Crippen LogP contribution in [-0.4, -0.2) is 36.2 Å². The van der Waals surface area contributed by atoms with Gasteiger partial charge in [0.2, 0.25) is 20.0 Å². The zero-order valence-corrected chi connectivity index (χ0v) is 12.0. The molecule has 0 saturated carbocycles. The van der Waals surface area contributed by atoms with Crippen molar-refractivity contribution in [2.45, 2.75) is 4.90 Å². The minimum atomic E-state index is -4.25. The molecule has 7 nitrogen and oxygen atoms in total. The van der Waals surface area contributed by atoms with Gasteiger partial charge in [-0.2, -0.15) is 0 Å². The van der Waals surface area contributed by atoms with E-state index in [1.807, 2.05) is 9.44 Å². The highest BCUT2D eigenvalue weighted by atomic mass is 32.2. The summed E-state index contributed by atoms with van der Waals surface area (Å²) >= 11 is 0. The van der Waals surface area contributed by atoms with Crippen LogP contribution >= 0.6 is 0 Å². The van der Waals surface area contributed by atoms with Crippen molar-refractivity contribution in [2.24, 2.45) is 0 Å². The zero-order chi connectivity index (χ0) is 15.6. The van der Waals surface area contributed by atoms with Crippen molar-refractivity contribution in [1.82, 2.24) is 9.44 Å². The SMILES string of the molecule is CS(=O)(=O)NCCNS(=O)(=O)c1cc(N)c(F)cc1F. The molecule has 1 aromatic carbocycles. The molecule has 11 heteroatoms. The summed E-state index contributed by atoms with van der Waals surface area (Å²) in [5.41, 5.74) is 4.66. The van der Waals surface area contributed by atoms with Crippen LogP contribution in [0.5, 0.6) is 0 Å². The maximum Gasteiger partial charge on any atom is 0.243 e. The summed E-state index contributed by atoms with van der Waals surface area (Å²) in [6, 6.07) is 1.01. The molecule has 1 aromatic rings. The molecule has 0 heterocycles. The van der Waals surface area contributed by atoms with E-state index in [-0.39, 0.29) is 13.1 Å². The summed E-state index contributed by atoms with van der Waals surface area (Å²) in [6.45, 7) is -0.511. The fourth-order valence-corrected chi connectivity index (χ4v) is 2.85. The number of hydrogen-bond donors (Lipinski definition) is 3. The van der Waals surface area contributed by atoms with Gasteiger partial charge in [-0.3, -0.25) is 0 Å². The number of anilines is 1. The number of rotatable bonds is 6. The first-order valence-corrected chi connectivity index (χ1v) is 8.59. The predicted octanol–water partition coefficient (Wildman–Crippen LogP) is -0.625. The van der Waals surface area contributed by atoms with E-state index in [4.69, 9.17) is 5.73 Å². The monoisotopic (exact) mass is 329 g/mol. The zero-order valence-electron chi connectivity index (χ0n) is 10.4.